The molecule has 0 aliphatic carbocycles. The minimum absolute atomic E-state index is 0.0532. The Balaban J connectivity index is 3.85. The average Bonchev–Trinajstić information content (AvgIpc) is 2.70. The molecule has 0 spiro atoms. The van der Waals surface area contributed by atoms with E-state index in [2.05, 4.69) is 10.6 Å². The van der Waals surface area contributed by atoms with E-state index < -0.39 is 25.6 Å². The van der Waals surface area contributed by atoms with Crippen LogP contribution in [0.25, 0.3) is 0 Å². The SMILES string of the molecule is COC[C@H](CSC[C@H](N)C(=O)N[C@@H](C)C(=O)NCCOCCOCCP(=O)(O)O)OC. The summed E-state index contributed by atoms with van der Waals surface area (Å²) in [6.07, 6.45) is -0.417. The zero-order valence-electron chi connectivity index (χ0n) is 18.3. The van der Waals surface area contributed by atoms with Gasteiger partial charge in [0, 0.05) is 32.3 Å². The maximum absolute atomic E-state index is 12.1. The van der Waals surface area contributed by atoms with Gasteiger partial charge in [-0.15, -0.1) is 0 Å². The summed E-state index contributed by atoms with van der Waals surface area (Å²) in [5, 5.41) is 5.20. The van der Waals surface area contributed by atoms with Gasteiger partial charge in [0.05, 0.1) is 51.3 Å². The van der Waals surface area contributed by atoms with Crippen molar-refractivity contribution in [3.63, 3.8) is 0 Å². The molecule has 0 bridgehead atoms. The molecule has 0 fully saturated rings. The van der Waals surface area contributed by atoms with Gasteiger partial charge >= 0.3 is 7.60 Å². The Morgan fingerprint density at radius 1 is 1.06 bits per heavy atom. The molecule has 0 heterocycles. The number of nitrogens with one attached hydrogen (secondary N) is 2. The summed E-state index contributed by atoms with van der Waals surface area (Å²) in [5.74, 6) is 0.234. The van der Waals surface area contributed by atoms with Crippen molar-refractivity contribution in [3.8, 4) is 0 Å². The fourth-order valence-corrected chi connectivity index (χ4v) is 3.47. The molecule has 0 aliphatic rings. The highest BCUT2D eigenvalue weighted by Gasteiger charge is 2.20. The molecule has 3 atom stereocenters. The number of methoxy groups -OCH3 is 2. The third-order valence-corrected chi connectivity index (χ3v) is 5.79. The van der Waals surface area contributed by atoms with Crippen molar-refractivity contribution in [3.05, 3.63) is 0 Å². The number of hydrogen-bond donors (Lipinski definition) is 5. The number of carbonyl (C=O) groups excluding carboxylic acids is 2. The molecule has 184 valence electrons. The highest BCUT2D eigenvalue weighted by atomic mass is 32.2. The van der Waals surface area contributed by atoms with Gasteiger partial charge in [0.1, 0.15) is 6.04 Å². The summed E-state index contributed by atoms with van der Waals surface area (Å²) in [4.78, 5) is 41.5. The molecule has 31 heavy (non-hydrogen) atoms. The number of hydrogen-bond acceptors (Lipinski definition) is 9. The lowest BCUT2D eigenvalue weighted by Crippen LogP contribution is -2.51. The van der Waals surface area contributed by atoms with Gasteiger partial charge in [-0.05, 0) is 6.92 Å². The maximum Gasteiger partial charge on any atom is 0.327 e. The van der Waals surface area contributed by atoms with Crippen LogP contribution in [0.15, 0.2) is 0 Å². The van der Waals surface area contributed by atoms with Crippen LogP contribution in [0.4, 0.5) is 0 Å². The van der Waals surface area contributed by atoms with E-state index in [-0.39, 0.29) is 51.1 Å². The highest BCUT2D eigenvalue weighted by Crippen LogP contribution is 2.33. The molecule has 12 nitrogen and oxygen atoms in total. The van der Waals surface area contributed by atoms with Crippen molar-refractivity contribution in [2.45, 2.75) is 25.1 Å². The largest absolute Gasteiger partial charge is 0.382 e. The van der Waals surface area contributed by atoms with Crippen LogP contribution in [0.3, 0.4) is 0 Å². The number of amides is 2. The first-order chi connectivity index (χ1) is 14.6. The van der Waals surface area contributed by atoms with Gasteiger partial charge in [-0.3, -0.25) is 14.2 Å². The van der Waals surface area contributed by atoms with E-state index in [1.165, 1.54) is 11.8 Å². The summed E-state index contributed by atoms with van der Waals surface area (Å²) >= 11 is 1.47. The molecule has 0 saturated heterocycles. The Kier molecular flexibility index (Phi) is 17.3. The second-order valence-corrected chi connectivity index (χ2v) is 9.44. The van der Waals surface area contributed by atoms with Gasteiger partial charge in [-0.1, -0.05) is 0 Å². The monoisotopic (exact) mass is 489 g/mol. The first-order valence-electron chi connectivity index (χ1n) is 9.73. The van der Waals surface area contributed by atoms with Gasteiger partial charge in [-0.25, -0.2) is 0 Å². The summed E-state index contributed by atoms with van der Waals surface area (Å²) in [6, 6.07) is -1.51. The molecule has 0 unspecified atom stereocenters. The molecule has 0 rings (SSSR count). The van der Waals surface area contributed by atoms with Gasteiger partial charge in [0.2, 0.25) is 11.8 Å². The molecule has 0 radical (unpaired) electrons. The molecule has 0 aromatic carbocycles. The molecular weight excluding hydrogens is 453 g/mol. The number of rotatable bonds is 19. The molecule has 6 N–H and O–H groups in total. The molecule has 0 saturated carbocycles. The van der Waals surface area contributed by atoms with Gasteiger partial charge in [-0.2, -0.15) is 11.8 Å². The van der Waals surface area contributed by atoms with Crippen LogP contribution in [0.5, 0.6) is 0 Å². The molecule has 14 heteroatoms. The second kappa shape index (κ2) is 17.8. The van der Waals surface area contributed by atoms with Crippen molar-refractivity contribution >= 4 is 31.2 Å². The third-order valence-electron chi connectivity index (χ3n) is 3.82. The smallest absolute Gasteiger partial charge is 0.327 e. The maximum atomic E-state index is 12.1. The van der Waals surface area contributed by atoms with E-state index in [1.54, 1.807) is 21.1 Å². The predicted molar refractivity (Wildman–Crippen MR) is 117 cm³/mol. The summed E-state index contributed by atoms with van der Waals surface area (Å²) in [5.41, 5.74) is 5.87. The summed E-state index contributed by atoms with van der Waals surface area (Å²) in [7, 11) is -0.870. The van der Waals surface area contributed by atoms with E-state index in [4.69, 9.17) is 34.5 Å². The van der Waals surface area contributed by atoms with Crippen molar-refractivity contribution in [1.29, 1.82) is 0 Å². The first kappa shape index (κ1) is 30.2. The minimum atomic E-state index is -4.05. The lowest BCUT2D eigenvalue weighted by atomic mass is 10.2. The normalized spacial score (nSPS) is 14.6. The lowest BCUT2D eigenvalue weighted by Gasteiger charge is -2.18. The van der Waals surface area contributed by atoms with Crippen LogP contribution in [-0.2, 0) is 33.1 Å². The fourth-order valence-electron chi connectivity index (χ4n) is 2.06. The predicted octanol–water partition coefficient (Wildman–Crippen LogP) is -1.46. The molecule has 0 aromatic rings. The van der Waals surface area contributed by atoms with Gasteiger partial charge < -0.3 is 45.1 Å². The van der Waals surface area contributed by atoms with E-state index in [9.17, 15) is 14.2 Å². The standard InChI is InChI=1S/C17H36N3O9PS/c1-13(20-17(22)15(18)12-31-11-14(27-3)10-26-2)16(21)19-4-5-28-6-7-29-8-9-30(23,24)25/h13-15H,4-12,18H2,1-3H3,(H,19,21)(H,20,22)(H2,23,24,25)/t13-,14+,15-/m0/s1. The Bertz CT molecular complexity index is 553. The van der Waals surface area contributed by atoms with Crippen molar-refractivity contribution in [2.24, 2.45) is 5.73 Å². The Morgan fingerprint density at radius 2 is 1.71 bits per heavy atom. The highest BCUT2D eigenvalue weighted by molar-refractivity contribution is 7.99. The van der Waals surface area contributed by atoms with E-state index in [0.29, 0.717) is 18.1 Å². The van der Waals surface area contributed by atoms with Gasteiger partial charge in [0.15, 0.2) is 0 Å². The average molecular weight is 490 g/mol. The van der Waals surface area contributed by atoms with Crippen LogP contribution >= 0.6 is 19.4 Å². The molecular formula is C17H36N3O9PS. The minimum Gasteiger partial charge on any atom is -0.382 e. The third kappa shape index (κ3) is 17.5. The number of thioether (sulfide) groups is 1. The second-order valence-electron chi connectivity index (χ2n) is 6.59. The first-order valence-corrected chi connectivity index (χ1v) is 12.7. The zero-order valence-corrected chi connectivity index (χ0v) is 20.0. The number of nitrogens with two attached hydrogens (primary N) is 1. The van der Waals surface area contributed by atoms with Crippen LogP contribution in [0.1, 0.15) is 6.92 Å². The van der Waals surface area contributed by atoms with Crippen LogP contribution in [0, 0.1) is 0 Å². The Morgan fingerprint density at radius 3 is 2.29 bits per heavy atom. The lowest BCUT2D eigenvalue weighted by molar-refractivity contribution is -0.129. The van der Waals surface area contributed by atoms with Crippen molar-refractivity contribution in [2.75, 3.05) is 71.5 Å². The number of carbonyl (C=O) groups is 2. The Hall–Kier alpha value is -0.760. The van der Waals surface area contributed by atoms with Crippen LogP contribution in [0.2, 0.25) is 0 Å². The Labute approximate surface area is 187 Å². The molecule has 2 amide bonds. The van der Waals surface area contributed by atoms with Gasteiger partial charge in [0.25, 0.3) is 0 Å². The van der Waals surface area contributed by atoms with E-state index in [0.717, 1.165) is 0 Å². The molecule has 0 aromatic heterocycles. The van der Waals surface area contributed by atoms with Crippen LogP contribution < -0.4 is 16.4 Å². The van der Waals surface area contributed by atoms with Crippen molar-refractivity contribution in [1.82, 2.24) is 10.6 Å². The molecule has 0 aliphatic heterocycles. The topological polar surface area (TPSA) is 179 Å². The van der Waals surface area contributed by atoms with E-state index in [1.807, 2.05) is 0 Å². The summed E-state index contributed by atoms with van der Waals surface area (Å²) < 4.78 is 31.2. The fraction of sp³-hybridized carbons (Fsp3) is 0.882. The van der Waals surface area contributed by atoms with E-state index >= 15 is 0 Å². The quantitative estimate of drug-likeness (QED) is 0.106. The van der Waals surface area contributed by atoms with Crippen LogP contribution in [-0.4, -0.2) is 111 Å². The zero-order chi connectivity index (χ0) is 23.7. The number of ether oxygens (including phenoxy) is 4. The summed E-state index contributed by atoms with van der Waals surface area (Å²) in [6.45, 7) is 2.84. The van der Waals surface area contributed by atoms with Crippen molar-refractivity contribution < 1.29 is 42.9 Å².